The monoisotopic (exact) mass is 477 g/mol. The maximum absolute atomic E-state index is 15.6. The molecule has 1 atom stereocenters. The van der Waals surface area contributed by atoms with E-state index in [0.717, 1.165) is 0 Å². The van der Waals surface area contributed by atoms with E-state index >= 15 is 8.78 Å². The summed E-state index contributed by atoms with van der Waals surface area (Å²) >= 11 is 0. The van der Waals surface area contributed by atoms with Crippen LogP contribution in [0.1, 0.15) is 76.3 Å². The summed E-state index contributed by atoms with van der Waals surface area (Å²) in [6, 6.07) is 0.723. The average molecular weight is 478 g/mol. The van der Waals surface area contributed by atoms with Gasteiger partial charge in [0.1, 0.15) is 23.3 Å². The second-order valence-corrected chi connectivity index (χ2v) is 10.6. The fourth-order valence-electron chi connectivity index (χ4n) is 5.42. The number of rotatable bonds is 3. The van der Waals surface area contributed by atoms with E-state index in [1.807, 2.05) is 20.8 Å². The van der Waals surface area contributed by atoms with Crippen molar-refractivity contribution >= 4 is 23.6 Å². The molecule has 2 aliphatic heterocycles. The molecule has 9 heteroatoms. The lowest BCUT2D eigenvalue weighted by Gasteiger charge is -2.36. The van der Waals surface area contributed by atoms with Crippen molar-refractivity contribution in [3.05, 3.63) is 28.8 Å². The molecule has 7 nitrogen and oxygen atoms in total. The molecule has 1 N–H and O–H groups in total. The van der Waals surface area contributed by atoms with Gasteiger partial charge >= 0.3 is 6.09 Å². The van der Waals surface area contributed by atoms with Crippen LogP contribution in [-0.2, 0) is 20.7 Å². The highest BCUT2D eigenvalue weighted by Gasteiger charge is 2.39. The number of anilines is 1. The molecule has 4 rings (SSSR count). The molecule has 1 saturated carbocycles. The summed E-state index contributed by atoms with van der Waals surface area (Å²) in [5, 5.41) is 2.32. The van der Waals surface area contributed by atoms with Crippen LogP contribution in [0.2, 0.25) is 0 Å². The van der Waals surface area contributed by atoms with Crippen molar-refractivity contribution in [1.82, 2.24) is 10.2 Å². The first-order valence-electron chi connectivity index (χ1n) is 12.0. The number of nitrogens with one attached hydrogen (secondary N) is 1. The van der Waals surface area contributed by atoms with E-state index in [9.17, 15) is 14.4 Å². The molecule has 3 amide bonds. The number of amides is 3. The van der Waals surface area contributed by atoms with Crippen LogP contribution in [-0.4, -0.2) is 54.1 Å². The summed E-state index contributed by atoms with van der Waals surface area (Å²) in [6.07, 6.45) is 2.97. The van der Waals surface area contributed by atoms with Crippen LogP contribution in [0.4, 0.5) is 19.3 Å². The molecule has 0 unspecified atom stereocenters. The Bertz CT molecular complexity index is 999. The molecule has 0 aromatic heterocycles. The van der Waals surface area contributed by atoms with Crippen molar-refractivity contribution in [3.63, 3.8) is 0 Å². The third-order valence-corrected chi connectivity index (χ3v) is 7.16. The molecule has 1 saturated heterocycles. The summed E-state index contributed by atoms with van der Waals surface area (Å²) in [7, 11) is 1.71. The van der Waals surface area contributed by atoms with Crippen LogP contribution in [0.5, 0.6) is 0 Å². The fourth-order valence-corrected chi connectivity index (χ4v) is 5.42. The third kappa shape index (κ3) is 4.74. The Hall–Kier alpha value is -2.71. The molecular weight excluding hydrogens is 444 g/mol. The first-order chi connectivity index (χ1) is 16.0. The normalized spacial score (nSPS) is 25.1. The van der Waals surface area contributed by atoms with Gasteiger partial charge in [0.25, 0.3) is 0 Å². The van der Waals surface area contributed by atoms with E-state index in [-0.39, 0.29) is 35.9 Å². The van der Waals surface area contributed by atoms with E-state index in [1.165, 1.54) is 6.07 Å². The number of fused-ring (bicyclic) bond motifs is 1. The van der Waals surface area contributed by atoms with Crippen molar-refractivity contribution in [1.29, 1.82) is 0 Å². The Morgan fingerprint density at radius 2 is 1.79 bits per heavy atom. The Balaban J connectivity index is 1.47. The standard InChI is InChI=1S/C25H33F2N3O4/c1-25(2,3)34-24(33)29(4)15-7-5-14(6-8-15)21-17(26)13-19-16(22(21)27)11-12-30(19)18-9-10-20(31)28-23(18)32/h13-15,18H,5-12H2,1-4H3,(H,28,31,32)/t14?,15?,18-/m1/s1. The van der Waals surface area contributed by atoms with E-state index in [2.05, 4.69) is 5.32 Å². The molecule has 1 aromatic carbocycles. The highest BCUT2D eigenvalue weighted by molar-refractivity contribution is 6.02. The number of carbonyl (C=O) groups excluding carboxylic acids is 3. The van der Waals surface area contributed by atoms with Crippen molar-refractivity contribution in [3.8, 4) is 0 Å². The molecule has 0 bridgehead atoms. The van der Waals surface area contributed by atoms with E-state index in [4.69, 9.17) is 4.74 Å². The Kier molecular flexibility index (Phi) is 6.57. The molecule has 1 aromatic rings. The summed E-state index contributed by atoms with van der Waals surface area (Å²) < 4.78 is 36.3. The molecule has 2 fully saturated rings. The summed E-state index contributed by atoms with van der Waals surface area (Å²) in [4.78, 5) is 39.5. The van der Waals surface area contributed by atoms with Gasteiger partial charge in [-0.1, -0.05) is 0 Å². The van der Waals surface area contributed by atoms with Crippen molar-refractivity contribution in [2.45, 2.75) is 89.3 Å². The van der Waals surface area contributed by atoms with E-state index in [1.54, 1.807) is 16.8 Å². The van der Waals surface area contributed by atoms with Gasteiger partial charge in [0.2, 0.25) is 11.8 Å². The minimum absolute atomic E-state index is 0.0327. The molecule has 3 aliphatic rings. The number of ether oxygens (including phenoxy) is 1. The zero-order valence-corrected chi connectivity index (χ0v) is 20.2. The summed E-state index contributed by atoms with van der Waals surface area (Å²) in [5.41, 5.74) is 0.379. The van der Waals surface area contributed by atoms with Crippen molar-refractivity contribution in [2.24, 2.45) is 0 Å². The van der Waals surface area contributed by atoms with Gasteiger partial charge in [-0.05, 0) is 71.3 Å². The van der Waals surface area contributed by atoms with Crippen LogP contribution in [0.15, 0.2) is 6.07 Å². The van der Waals surface area contributed by atoms with Gasteiger partial charge in [-0.15, -0.1) is 0 Å². The highest BCUT2D eigenvalue weighted by atomic mass is 19.1. The topological polar surface area (TPSA) is 79.0 Å². The van der Waals surface area contributed by atoms with Crippen LogP contribution in [0.3, 0.4) is 0 Å². The summed E-state index contributed by atoms with van der Waals surface area (Å²) in [5.74, 6) is -2.12. The third-order valence-electron chi connectivity index (χ3n) is 7.16. The number of nitrogens with zero attached hydrogens (tertiary/aromatic N) is 2. The zero-order chi connectivity index (χ0) is 24.8. The minimum Gasteiger partial charge on any atom is -0.444 e. The Morgan fingerprint density at radius 3 is 2.41 bits per heavy atom. The van der Waals surface area contributed by atoms with Gasteiger partial charge in [-0.25, -0.2) is 13.6 Å². The second kappa shape index (κ2) is 9.15. The maximum atomic E-state index is 15.6. The fraction of sp³-hybridized carbons (Fsp3) is 0.640. The van der Waals surface area contributed by atoms with Gasteiger partial charge in [0, 0.05) is 42.9 Å². The molecule has 0 radical (unpaired) electrons. The highest BCUT2D eigenvalue weighted by Crippen LogP contribution is 2.42. The number of hydrogen-bond acceptors (Lipinski definition) is 5. The van der Waals surface area contributed by atoms with Crippen LogP contribution in [0.25, 0.3) is 0 Å². The van der Waals surface area contributed by atoms with Crippen LogP contribution < -0.4 is 10.2 Å². The molecular formula is C25H33F2N3O4. The largest absolute Gasteiger partial charge is 0.444 e. The smallest absolute Gasteiger partial charge is 0.410 e. The number of piperidine rings is 1. The Morgan fingerprint density at radius 1 is 1.12 bits per heavy atom. The van der Waals surface area contributed by atoms with Gasteiger partial charge in [0.05, 0.1) is 0 Å². The van der Waals surface area contributed by atoms with Crippen molar-refractivity contribution < 1.29 is 27.9 Å². The second-order valence-electron chi connectivity index (χ2n) is 10.6. The van der Waals surface area contributed by atoms with E-state index in [0.29, 0.717) is 56.3 Å². The Labute approximate surface area is 198 Å². The molecule has 2 heterocycles. The van der Waals surface area contributed by atoms with Crippen molar-refractivity contribution in [2.75, 3.05) is 18.5 Å². The number of benzene rings is 1. The lowest BCUT2D eigenvalue weighted by molar-refractivity contribution is -0.134. The first-order valence-corrected chi connectivity index (χ1v) is 12.0. The molecule has 1 aliphatic carbocycles. The average Bonchev–Trinajstić information content (AvgIpc) is 3.16. The van der Waals surface area contributed by atoms with Crippen LogP contribution in [0, 0.1) is 11.6 Å². The van der Waals surface area contributed by atoms with Crippen LogP contribution >= 0.6 is 0 Å². The van der Waals surface area contributed by atoms with E-state index < -0.39 is 29.2 Å². The summed E-state index contributed by atoms with van der Waals surface area (Å²) in [6.45, 7) is 5.86. The SMILES string of the molecule is CN(C(=O)OC(C)(C)C)C1CCC(c2c(F)cc3c(c2F)CCN3[C@@H]2CCC(=O)NC2=O)CC1. The predicted octanol–water partition coefficient (Wildman–Crippen LogP) is 4.03. The van der Waals surface area contributed by atoms with Gasteiger partial charge < -0.3 is 14.5 Å². The zero-order valence-electron chi connectivity index (χ0n) is 20.2. The number of hydrogen-bond donors (Lipinski definition) is 1. The number of imide groups is 1. The van der Waals surface area contributed by atoms with Gasteiger partial charge in [-0.2, -0.15) is 0 Å². The molecule has 186 valence electrons. The first kappa shape index (κ1) is 24.4. The van der Waals surface area contributed by atoms with Gasteiger partial charge in [-0.3, -0.25) is 14.9 Å². The number of halogens is 2. The maximum Gasteiger partial charge on any atom is 0.410 e. The van der Waals surface area contributed by atoms with Gasteiger partial charge in [0.15, 0.2) is 0 Å². The quantitative estimate of drug-likeness (QED) is 0.666. The predicted molar refractivity (Wildman–Crippen MR) is 123 cm³/mol. The molecule has 0 spiro atoms. The lowest BCUT2D eigenvalue weighted by atomic mass is 9.80. The lowest BCUT2D eigenvalue weighted by Crippen LogP contribution is -2.52. The minimum atomic E-state index is -0.598. The molecule has 34 heavy (non-hydrogen) atoms. The number of carbonyl (C=O) groups is 3.